The fraction of sp³-hybridized carbons (Fsp3) is 0.280. The number of thiophene rings is 1. The number of aromatic nitrogens is 2. The first-order chi connectivity index (χ1) is 15.9. The maximum absolute atomic E-state index is 15.5. The van der Waals surface area contributed by atoms with Crippen LogP contribution in [0.1, 0.15) is 21.6 Å². The molecule has 8 heteroatoms. The first kappa shape index (κ1) is 23.1. The monoisotopic (exact) mass is 470 g/mol. The van der Waals surface area contributed by atoms with E-state index in [4.69, 9.17) is 4.74 Å². The second-order valence-electron chi connectivity index (χ2n) is 7.80. The molecule has 0 saturated heterocycles. The molecule has 0 atom stereocenters. The van der Waals surface area contributed by atoms with E-state index in [0.29, 0.717) is 6.42 Å². The van der Waals surface area contributed by atoms with Gasteiger partial charge in [0.2, 0.25) is 0 Å². The van der Waals surface area contributed by atoms with Gasteiger partial charge in [-0.15, -0.1) is 11.3 Å². The van der Waals surface area contributed by atoms with Gasteiger partial charge < -0.3 is 4.74 Å². The minimum absolute atomic E-state index is 0.157. The van der Waals surface area contributed by atoms with Gasteiger partial charge in [0, 0.05) is 19.2 Å². The molecular formula is C25H24F2N2O3S. The van der Waals surface area contributed by atoms with E-state index in [1.807, 2.05) is 30.3 Å². The third-order valence-electron chi connectivity index (χ3n) is 5.70. The number of halogens is 2. The second kappa shape index (κ2) is 9.41. The van der Waals surface area contributed by atoms with Crippen molar-refractivity contribution in [3.8, 4) is 0 Å². The van der Waals surface area contributed by atoms with Crippen LogP contribution in [0, 0.1) is 6.92 Å². The van der Waals surface area contributed by atoms with Crippen molar-refractivity contribution in [2.24, 2.45) is 0 Å². The molecule has 0 unspecified atom stereocenters. The number of methoxy groups -OCH3 is 1. The highest BCUT2D eigenvalue weighted by Crippen LogP contribution is 2.43. The zero-order chi connectivity index (χ0) is 23.6. The number of hydrogen-bond donors (Lipinski definition) is 0. The number of aryl methyl sites for hydroxylation is 2. The highest BCUT2D eigenvalue weighted by Gasteiger charge is 2.39. The van der Waals surface area contributed by atoms with Crippen molar-refractivity contribution in [3.63, 3.8) is 0 Å². The Morgan fingerprint density at radius 2 is 1.58 bits per heavy atom. The molecule has 0 fully saturated rings. The molecule has 2 aromatic heterocycles. The summed E-state index contributed by atoms with van der Waals surface area (Å²) < 4.78 is 38.6. The number of fused-ring (bicyclic) bond motifs is 1. The summed E-state index contributed by atoms with van der Waals surface area (Å²) in [4.78, 5) is 26.7. The van der Waals surface area contributed by atoms with Gasteiger partial charge in [0.15, 0.2) is 0 Å². The molecule has 33 heavy (non-hydrogen) atoms. The van der Waals surface area contributed by atoms with E-state index < -0.39 is 17.2 Å². The quantitative estimate of drug-likeness (QED) is 0.379. The Kier molecular flexibility index (Phi) is 6.58. The number of rotatable bonds is 8. The molecule has 0 spiro atoms. The maximum atomic E-state index is 15.5. The van der Waals surface area contributed by atoms with E-state index >= 15 is 8.78 Å². The summed E-state index contributed by atoms with van der Waals surface area (Å²) in [5, 5.41) is 0.161. The Hall–Kier alpha value is -3.10. The Bertz CT molecular complexity index is 1380. The second-order valence-corrected chi connectivity index (χ2v) is 8.80. The third kappa shape index (κ3) is 4.28. The number of alkyl halides is 2. The molecule has 2 heterocycles. The zero-order valence-corrected chi connectivity index (χ0v) is 19.2. The molecule has 5 nitrogen and oxygen atoms in total. The third-order valence-corrected chi connectivity index (χ3v) is 7.09. The van der Waals surface area contributed by atoms with Crippen LogP contribution < -0.4 is 11.2 Å². The molecule has 4 aromatic rings. The molecule has 0 radical (unpaired) electrons. The first-order valence-electron chi connectivity index (χ1n) is 10.6. The molecule has 0 amide bonds. The molecule has 0 N–H and O–H groups in total. The fourth-order valence-electron chi connectivity index (χ4n) is 3.94. The summed E-state index contributed by atoms with van der Waals surface area (Å²) in [6.45, 7) is 2.06. The van der Waals surface area contributed by atoms with Crippen LogP contribution in [0.15, 0.2) is 70.3 Å². The molecule has 4 rings (SSSR count). The van der Waals surface area contributed by atoms with Gasteiger partial charge in [-0.3, -0.25) is 13.9 Å². The largest absolute Gasteiger partial charge is 0.383 e. The summed E-state index contributed by atoms with van der Waals surface area (Å²) in [6.07, 6.45) is 0.474. The molecule has 0 aliphatic rings. The van der Waals surface area contributed by atoms with Crippen LogP contribution >= 0.6 is 11.3 Å². The van der Waals surface area contributed by atoms with Crippen molar-refractivity contribution >= 4 is 21.6 Å². The number of hydrogen-bond acceptors (Lipinski definition) is 4. The van der Waals surface area contributed by atoms with Gasteiger partial charge >= 0.3 is 11.6 Å². The average Bonchev–Trinajstić information content (AvgIpc) is 3.18. The summed E-state index contributed by atoms with van der Waals surface area (Å²) in [6, 6.07) is 17.0. The van der Waals surface area contributed by atoms with E-state index in [0.717, 1.165) is 21.5 Å². The van der Waals surface area contributed by atoms with E-state index in [9.17, 15) is 9.59 Å². The lowest BCUT2D eigenvalue weighted by Gasteiger charge is -2.16. The molecule has 2 aromatic carbocycles. The van der Waals surface area contributed by atoms with Crippen LogP contribution in [0.4, 0.5) is 8.78 Å². The molecule has 0 aliphatic carbocycles. The summed E-state index contributed by atoms with van der Waals surface area (Å²) in [5.41, 5.74) is -0.0335. The van der Waals surface area contributed by atoms with Gasteiger partial charge in [0.1, 0.15) is 4.83 Å². The van der Waals surface area contributed by atoms with Crippen LogP contribution in [0.25, 0.3) is 10.2 Å². The minimum Gasteiger partial charge on any atom is -0.383 e. The molecule has 172 valence electrons. The van der Waals surface area contributed by atoms with Crippen LogP contribution in [0.5, 0.6) is 0 Å². The normalized spacial score (nSPS) is 11.9. The van der Waals surface area contributed by atoms with Gasteiger partial charge in [-0.1, -0.05) is 60.7 Å². The molecule has 0 aliphatic heterocycles. The molecule has 0 saturated carbocycles. The van der Waals surface area contributed by atoms with Gasteiger partial charge in [-0.25, -0.2) is 4.79 Å². The first-order valence-corrected chi connectivity index (χ1v) is 11.4. The van der Waals surface area contributed by atoms with E-state index in [1.165, 1.54) is 30.7 Å². The molecule has 0 bridgehead atoms. The van der Waals surface area contributed by atoms with Crippen molar-refractivity contribution in [1.82, 2.24) is 9.13 Å². The van der Waals surface area contributed by atoms with E-state index in [-0.39, 0.29) is 45.9 Å². The standard InChI is InChI=1S/C25H24F2N2O3S/c1-17-20-22(30)28(14-13-18-9-5-3-6-10-18)24(31)29(15-16-32-2)23(20)33-21(17)25(26,27)19-11-7-4-8-12-19/h3-12H,13-16H2,1-2H3. The van der Waals surface area contributed by atoms with Crippen LogP contribution in [-0.4, -0.2) is 22.9 Å². The highest BCUT2D eigenvalue weighted by atomic mass is 32.1. The average molecular weight is 471 g/mol. The lowest BCUT2D eigenvalue weighted by molar-refractivity contribution is 0.0464. The predicted molar refractivity (Wildman–Crippen MR) is 127 cm³/mol. The zero-order valence-electron chi connectivity index (χ0n) is 18.4. The molecular weight excluding hydrogens is 446 g/mol. The van der Waals surface area contributed by atoms with Crippen LogP contribution in [0.2, 0.25) is 0 Å². The number of nitrogens with zero attached hydrogens (tertiary/aromatic N) is 2. The van der Waals surface area contributed by atoms with Crippen LogP contribution in [0.3, 0.4) is 0 Å². The summed E-state index contributed by atoms with van der Waals surface area (Å²) in [5.74, 6) is -3.29. The van der Waals surface area contributed by atoms with Crippen molar-refractivity contribution in [2.45, 2.75) is 32.4 Å². The van der Waals surface area contributed by atoms with Gasteiger partial charge in [0.05, 0.1) is 23.4 Å². The summed E-state index contributed by atoms with van der Waals surface area (Å²) in [7, 11) is 1.50. The minimum atomic E-state index is -3.29. The SMILES string of the molecule is COCCn1c(=O)n(CCc2ccccc2)c(=O)c2c(C)c(C(F)(F)c3ccccc3)sc21. The maximum Gasteiger partial charge on any atom is 0.332 e. The van der Waals surface area contributed by atoms with E-state index in [1.54, 1.807) is 18.2 Å². The van der Waals surface area contributed by atoms with Crippen molar-refractivity contribution in [3.05, 3.63) is 103 Å². The number of benzene rings is 2. The lowest BCUT2D eigenvalue weighted by Crippen LogP contribution is -2.40. The fourth-order valence-corrected chi connectivity index (χ4v) is 5.25. The van der Waals surface area contributed by atoms with Crippen molar-refractivity contribution in [1.29, 1.82) is 0 Å². The van der Waals surface area contributed by atoms with Crippen molar-refractivity contribution < 1.29 is 13.5 Å². The van der Waals surface area contributed by atoms with Crippen LogP contribution in [-0.2, 0) is 30.2 Å². The Morgan fingerprint density at radius 1 is 0.939 bits per heavy atom. The van der Waals surface area contributed by atoms with Gasteiger partial charge in [0.25, 0.3) is 5.56 Å². The Morgan fingerprint density at radius 3 is 2.21 bits per heavy atom. The lowest BCUT2D eigenvalue weighted by atomic mass is 10.0. The predicted octanol–water partition coefficient (Wildman–Crippen LogP) is 4.56. The van der Waals surface area contributed by atoms with E-state index in [2.05, 4.69) is 0 Å². The highest BCUT2D eigenvalue weighted by molar-refractivity contribution is 7.19. The topological polar surface area (TPSA) is 53.2 Å². The van der Waals surface area contributed by atoms with Gasteiger partial charge in [-0.2, -0.15) is 8.78 Å². The number of ether oxygens (including phenoxy) is 1. The Labute approximate surface area is 193 Å². The smallest absolute Gasteiger partial charge is 0.332 e. The summed E-state index contributed by atoms with van der Waals surface area (Å²) >= 11 is 0.798. The van der Waals surface area contributed by atoms with Gasteiger partial charge in [-0.05, 0) is 24.5 Å². The van der Waals surface area contributed by atoms with Crippen molar-refractivity contribution in [2.75, 3.05) is 13.7 Å². The Balaban J connectivity index is 1.90.